The van der Waals surface area contributed by atoms with Crippen molar-refractivity contribution in [3.8, 4) is 0 Å². The Kier molecular flexibility index (Phi) is 7.10. The molecule has 0 saturated heterocycles. The average molecular weight is 331 g/mol. The minimum absolute atomic E-state index is 0.412. The van der Waals surface area contributed by atoms with Crippen molar-refractivity contribution in [2.45, 2.75) is 26.1 Å². The molecule has 4 nitrogen and oxygen atoms in total. The van der Waals surface area contributed by atoms with Gasteiger partial charge in [-0.2, -0.15) is 11.3 Å². The first-order chi connectivity index (χ1) is 11.2. The number of hydrogen-bond acceptors (Lipinski definition) is 3. The fourth-order valence-electron chi connectivity index (χ4n) is 2.23. The summed E-state index contributed by atoms with van der Waals surface area (Å²) in [7, 11) is 3.96. The number of hydrogen-bond donors (Lipinski definition) is 2. The molecule has 0 saturated carbocycles. The van der Waals surface area contributed by atoms with Crippen molar-refractivity contribution in [1.82, 2.24) is 15.5 Å². The third kappa shape index (κ3) is 6.04. The Balaban J connectivity index is 1.74. The lowest BCUT2D eigenvalue weighted by molar-refractivity contribution is 0.249. The summed E-state index contributed by atoms with van der Waals surface area (Å²) in [6.07, 6.45) is 0. The minimum Gasteiger partial charge on any atom is -0.355 e. The van der Waals surface area contributed by atoms with Crippen LogP contribution < -0.4 is 10.6 Å². The van der Waals surface area contributed by atoms with E-state index < -0.39 is 0 Å². The summed E-state index contributed by atoms with van der Waals surface area (Å²) in [6, 6.07) is 13.1. The molecule has 2 N–H and O–H groups in total. The highest BCUT2D eigenvalue weighted by molar-refractivity contribution is 7.07. The van der Waals surface area contributed by atoms with E-state index in [-0.39, 0.29) is 0 Å². The van der Waals surface area contributed by atoms with Crippen LogP contribution in [0.5, 0.6) is 0 Å². The standard InChI is InChI=1S/C18H26N4S/c1-15(22(3)13-16-7-5-4-6-8-16)11-20-18(19-2)21-12-17-9-10-23-14-17/h4-10,14-15H,11-13H2,1-3H3,(H2,19,20,21). The molecule has 0 fully saturated rings. The highest BCUT2D eigenvalue weighted by atomic mass is 32.1. The van der Waals surface area contributed by atoms with Gasteiger partial charge in [0.25, 0.3) is 0 Å². The summed E-state index contributed by atoms with van der Waals surface area (Å²) < 4.78 is 0. The van der Waals surface area contributed by atoms with Crippen molar-refractivity contribution >= 4 is 17.3 Å². The molecular weight excluding hydrogens is 304 g/mol. The molecule has 0 bridgehead atoms. The van der Waals surface area contributed by atoms with Crippen LogP contribution in [0.15, 0.2) is 52.2 Å². The lowest BCUT2D eigenvalue weighted by atomic mass is 10.2. The zero-order valence-corrected chi connectivity index (χ0v) is 14.9. The van der Waals surface area contributed by atoms with E-state index >= 15 is 0 Å². The molecule has 0 spiro atoms. The molecule has 5 heteroatoms. The van der Waals surface area contributed by atoms with Crippen LogP contribution in [0, 0.1) is 0 Å². The Hall–Kier alpha value is -1.85. The quantitative estimate of drug-likeness (QED) is 0.606. The van der Waals surface area contributed by atoms with Gasteiger partial charge >= 0.3 is 0 Å². The van der Waals surface area contributed by atoms with Gasteiger partial charge in [-0.3, -0.25) is 9.89 Å². The highest BCUT2D eigenvalue weighted by Gasteiger charge is 2.10. The summed E-state index contributed by atoms with van der Waals surface area (Å²) in [4.78, 5) is 6.62. The van der Waals surface area contributed by atoms with E-state index in [0.29, 0.717) is 6.04 Å². The molecule has 0 amide bonds. The molecule has 23 heavy (non-hydrogen) atoms. The van der Waals surface area contributed by atoms with Gasteiger partial charge in [0.1, 0.15) is 0 Å². The van der Waals surface area contributed by atoms with Crippen LogP contribution in [0.25, 0.3) is 0 Å². The van der Waals surface area contributed by atoms with E-state index in [2.05, 4.69) is 81.7 Å². The predicted octanol–water partition coefficient (Wildman–Crippen LogP) is 2.93. The van der Waals surface area contributed by atoms with Crippen LogP contribution in [0.1, 0.15) is 18.1 Å². The van der Waals surface area contributed by atoms with E-state index in [0.717, 1.165) is 25.6 Å². The number of nitrogens with zero attached hydrogens (tertiary/aromatic N) is 2. The maximum Gasteiger partial charge on any atom is 0.191 e. The number of guanidine groups is 1. The molecule has 0 aliphatic heterocycles. The number of likely N-dealkylation sites (N-methyl/N-ethyl adjacent to an activating group) is 1. The summed E-state index contributed by atoms with van der Waals surface area (Å²) >= 11 is 1.71. The third-order valence-corrected chi connectivity index (χ3v) is 4.59. The second-order valence-corrected chi connectivity index (χ2v) is 6.47. The van der Waals surface area contributed by atoms with Crippen molar-refractivity contribution in [3.63, 3.8) is 0 Å². The third-order valence-electron chi connectivity index (χ3n) is 3.86. The highest BCUT2D eigenvalue weighted by Crippen LogP contribution is 2.06. The van der Waals surface area contributed by atoms with Gasteiger partial charge in [0, 0.05) is 32.7 Å². The van der Waals surface area contributed by atoms with Crippen LogP contribution in [0.3, 0.4) is 0 Å². The summed E-state index contributed by atoms with van der Waals surface area (Å²) in [5, 5.41) is 11.0. The first-order valence-electron chi connectivity index (χ1n) is 7.89. The van der Waals surface area contributed by atoms with Gasteiger partial charge in [0.15, 0.2) is 5.96 Å². The van der Waals surface area contributed by atoms with E-state index in [4.69, 9.17) is 0 Å². The van der Waals surface area contributed by atoms with Crippen LogP contribution in [0.4, 0.5) is 0 Å². The van der Waals surface area contributed by atoms with Gasteiger partial charge in [0.2, 0.25) is 0 Å². The second kappa shape index (κ2) is 9.33. The number of aliphatic imine (C=N–C) groups is 1. The van der Waals surface area contributed by atoms with Crippen molar-refractivity contribution < 1.29 is 0 Å². The van der Waals surface area contributed by atoms with Crippen LogP contribution in [0.2, 0.25) is 0 Å². The molecule has 1 aromatic heterocycles. The minimum atomic E-state index is 0.412. The molecule has 2 aromatic rings. The normalized spacial score (nSPS) is 13.1. The molecule has 124 valence electrons. The largest absolute Gasteiger partial charge is 0.355 e. The Morgan fingerprint density at radius 3 is 2.61 bits per heavy atom. The van der Waals surface area contributed by atoms with Gasteiger partial charge in [0.05, 0.1) is 0 Å². The van der Waals surface area contributed by atoms with Gasteiger partial charge in [-0.25, -0.2) is 0 Å². The smallest absolute Gasteiger partial charge is 0.191 e. The van der Waals surface area contributed by atoms with Crippen molar-refractivity contribution in [2.24, 2.45) is 4.99 Å². The lowest BCUT2D eigenvalue weighted by Gasteiger charge is -2.25. The van der Waals surface area contributed by atoms with Crippen LogP contribution in [-0.2, 0) is 13.1 Å². The predicted molar refractivity (Wildman–Crippen MR) is 99.9 cm³/mol. The lowest BCUT2D eigenvalue weighted by Crippen LogP contribution is -2.44. The van der Waals surface area contributed by atoms with Crippen molar-refractivity contribution in [1.29, 1.82) is 0 Å². The van der Waals surface area contributed by atoms with E-state index in [1.165, 1.54) is 11.1 Å². The Labute approximate surface area is 143 Å². The SMILES string of the molecule is CN=C(NCc1ccsc1)NCC(C)N(C)Cc1ccccc1. The van der Waals surface area contributed by atoms with E-state index in [1.807, 2.05) is 0 Å². The fraction of sp³-hybridized carbons (Fsp3) is 0.389. The fourth-order valence-corrected chi connectivity index (χ4v) is 2.90. The van der Waals surface area contributed by atoms with Crippen LogP contribution >= 0.6 is 11.3 Å². The Bertz CT molecular complexity index is 580. The van der Waals surface area contributed by atoms with Gasteiger partial charge in [-0.15, -0.1) is 0 Å². The summed E-state index contributed by atoms with van der Waals surface area (Å²) in [5.74, 6) is 0.844. The van der Waals surface area contributed by atoms with Gasteiger partial charge in [-0.1, -0.05) is 30.3 Å². The summed E-state index contributed by atoms with van der Waals surface area (Å²) in [6.45, 7) is 4.83. The van der Waals surface area contributed by atoms with E-state index in [9.17, 15) is 0 Å². The molecule has 1 heterocycles. The second-order valence-electron chi connectivity index (χ2n) is 5.69. The monoisotopic (exact) mass is 330 g/mol. The number of thiophene rings is 1. The molecular formula is C18H26N4S. The molecule has 2 rings (SSSR count). The number of nitrogens with one attached hydrogen (secondary N) is 2. The van der Waals surface area contributed by atoms with Gasteiger partial charge in [-0.05, 0) is 41.9 Å². The zero-order valence-electron chi connectivity index (χ0n) is 14.1. The maximum absolute atomic E-state index is 4.28. The average Bonchev–Trinajstić information content (AvgIpc) is 3.09. The molecule has 1 atom stereocenters. The Morgan fingerprint density at radius 1 is 1.17 bits per heavy atom. The molecule has 0 radical (unpaired) electrons. The molecule has 1 unspecified atom stereocenters. The topological polar surface area (TPSA) is 39.7 Å². The van der Waals surface area contributed by atoms with E-state index in [1.54, 1.807) is 18.4 Å². The first-order valence-corrected chi connectivity index (χ1v) is 8.83. The van der Waals surface area contributed by atoms with Gasteiger partial charge < -0.3 is 10.6 Å². The number of rotatable bonds is 7. The van der Waals surface area contributed by atoms with Crippen LogP contribution in [-0.4, -0.2) is 37.5 Å². The van der Waals surface area contributed by atoms with Crippen molar-refractivity contribution in [3.05, 3.63) is 58.3 Å². The molecule has 0 aliphatic rings. The Morgan fingerprint density at radius 2 is 1.96 bits per heavy atom. The zero-order chi connectivity index (χ0) is 16.5. The summed E-state index contributed by atoms with van der Waals surface area (Å²) in [5.41, 5.74) is 2.62. The van der Waals surface area contributed by atoms with Crippen molar-refractivity contribution in [2.75, 3.05) is 20.6 Å². The molecule has 1 aromatic carbocycles. The number of benzene rings is 1. The first kappa shape index (κ1) is 17.5. The maximum atomic E-state index is 4.28. The molecule has 0 aliphatic carbocycles.